The SMILES string of the molecule is COC1=CC2=C(CC1OCCCC(=O)Nc1cc(C=O)n(C)c1)N=CCN(CCCS)C2=O. The van der Waals surface area contributed by atoms with E-state index in [4.69, 9.17) is 9.47 Å². The molecule has 10 heteroatoms. The lowest BCUT2D eigenvalue weighted by molar-refractivity contribution is -0.126. The summed E-state index contributed by atoms with van der Waals surface area (Å²) in [5, 5.41) is 2.78. The fourth-order valence-electron chi connectivity index (χ4n) is 3.75. The smallest absolute Gasteiger partial charge is 0.256 e. The molecule has 0 spiro atoms. The maximum atomic E-state index is 12.9. The summed E-state index contributed by atoms with van der Waals surface area (Å²) in [5.41, 5.74) is 2.30. The van der Waals surface area contributed by atoms with E-state index in [1.807, 2.05) is 0 Å². The van der Waals surface area contributed by atoms with E-state index < -0.39 is 0 Å². The highest BCUT2D eigenvalue weighted by Crippen LogP contribution is 2.30. The molecule has 3 rings (SSSR count). The Balaban J connectivity index is 1.52. The molecular formula is C23H30N4O5S. The van der Waals surface area contributed by atoms with E-state index in [0.29, 0.717) is 66.7 Å². The molecule has 1 aliphatic carbocycles. The van der Waals surface area contributed by atoms with Gasteiger partial charge >= 0.3 is 0 Å². The van der Waals surface area contributed by atoms with Crippen molar-refractivity contribution in [3.05, 3.63) is 41.1 Å². The molecule has 1 aliphatic heterocycles. The van der Waals surface area contributed by atoms with Crippen molar-refractivity contribution in [2.45, 2.75) is 31.8 Å². The zero-order valence-corrected chi connectivity index (χ0v) is 19.8. The van der Waals surface area contributed by atoms with Crippen molar-refractivity contribution < 1.29 is 23.9 Å². The Morgan fingerprint density at radius 3 is 2.91 bits per heavy atom. The number of rotatable bonds is 11. The maximum Gasteiger partial charge on any atom is 0.256 e. The summed E-state index contributed by atoms with van der Waals surface area (Å²) in [5.74, 6) is 1.07. The third kappa shape index (κ3) is 6.35. The van der Waals surface area contributed by atoms with E-state index in [9.17, 15) is 14.4 Å². The van der Waals surface area contributed by atoms with Gasteiger partial charge in [0.1, 0.15) is 11.9 Å². The second-order valence-corrected chi connectivity index (χ2v) is 8.30. The van der Waals surface area contributed by atoms with Crippen molar-refractivity contribution in [3.8, 4) is 0 Å². The van der Waals surface area contributed by atoms with E-state index in [0.717, 1.165) is 12.7 Å². The first-order valence-electron chi connectivity index (χ1n) is 10.9. The van der Waals surface area contributed by atoms with Gasteiger partial charge in [-0.3, -0.25) is 19.4 Å². The van der Waals surface area contributed by atoms with Gasteiger partial charge in [0.15, 0.2) is 6.29 Å². The van der Waals surface area contributed by atoms with Crippen LogP contribution < -0.4 is 5.32 Å². The van der Waals surface area contributed by atoms with Crippen LogP contribution in [0, 0.1) is 0 Å². The van der Waals surface area contributed by atoms with Crippen LogP contribution in [0.3, 0.4) is 0 Å². The molecule has 2 amide bonds. The van der Waals surface area contributed by atoms with Crippen LogP contribution in [0.25, 0.3) is 0 Å². The van der Waals surface area contributed by atoms with Gasteiger partial charge in [-0.25, -0.2) is 0 Å². The number of hydrogen-bond acceptors (Lipinski definition) is 7. The minimum atomic E-state index is -0.366. The summed E-state index contributed by atoms with van der Waals surface area (Å²) in [6.45, 7) is 1.44. The number of nitrogens with zero attached hydrogens (tertiary/aromatic N) is 3. The number of ether oxygens (including phenoxy) is 2. The molecule has 1 unspecified atom stereocenters. The van der Waals surface area contributed by atoms with Crippen LogP contribution in [-0.4, -0.2) is 72.4 Å². The van der Waals surface area contributed by atoms with Crippen LogP contribution in [0.5, 0.6) is 0 Å². The van der Waals surface area contributed by atoms with E-state index in [1.165, 1.54) is 0 Å². The van der Waals surface area contributed by atoms with Crippen molar-refractivity contribution in [1.82, 2.24) is 9.47 Å². The predicted molar refractivity (Wildman–Crippen MR) is 129 cm³/mol. The molecule has 1 aromatic heterocycles. The minimum absolute atomic E-state index is 0.0624. The Morgan fingerprint density at radius 1 is 1.39 bits per heavy atom. The Kier molecular flexibility index (Phi) is 8.90. The molecule has 1 N–H and O–H groups in total. The standard InChI is InChI=1S/C23H30N4O5S/c1-26-14-16(11-17(26)15-28)25-22(29)5-3-9-32-21-13-19-18(12-20(21)31-2)23(30)27(7-4-10-33)8-6-24-19/h6,11-12,14-15,21,33H,3-5,7-10,13H2,1-2H3,(H,25,29). The van der Waals surface area contributed by atoms with Crippen LogP contribution in [0.4, 0.5) is 5.69 Å². The summed E-state index contributed by atoms with van der Waals surface area (Å²) < 4.78 is 13.1. The van der Waals surface area contributed by atoms with Crippen LogP contribution in [-0.2, 0) is 26.1 Å². The Labute approximate surface area is 198 Å². The molecule has 178 valence electrons. The molecule has 2 aliphatic rings. The van der Waals surface area contributed by atoms with Crippen molar-refractivity contribution in [3.63, 3.8) is 0 Å². The van der Waals surface area contributed by atoms with Gasteiger partial charge in [-0.05, 0) is 30.7 Å². The van der Waals surface area contributed by atoms with Crippen molar-refractivity contribution >= 4 is 42.6 Å². The van der Waals surface area contributed by atoms with E-state index in [2.05, 4.69) is 22.9 Å². The van der Waals surface area contributed by atoms with Gasteiger partial charge in [-0.2, -0.15) is 12.6 Å². The lowest BCUT2D eigenvalue weighted by Crippen LogP contribution is -2.35. The van der Waals surface area contributed by atoms with Gasteiger partial charge in [-0.1, -0.05) is 0 Å². The molecule has 0 bridgehead atoms. The summed E-state index contributed by atoms with van der Waals surface area (Å²) in [7, 11) is 3.29. The summed E-state index contributed by atoms with van der Waals surface area (Å²) >= 11 is 4.23. The van der Waals surface area contributed by atoms with Gasteiger partial charge < -0.3 is 24.3 Å². The van der Waals surface area contributed by atoms with Gasteiger partial charge in [0.25, 0.3) is 5.91 Å². The van der Waals surface area contributed by atoms with Crippen molar-refractivity contribution in [2.75, 3.05) is 37.9 Å². The number of aldehydes is 1. The van der Waals surface area contributed by atoms with Crippen LogP contribution in [0.1, 0.15) is 36.2 Å². The van der Waals surface area contributed by atoms with Gasteiger partial charge in [0.05, 0.1) is 36.3 Å². The zero-order chi connectivity index (χ0) is 23.8. The van der Waals surface area contributed by atoms with E-state index >= 15 is 0 Å². The molecule has 0 saturated carbocycles. The Bertz CT molecular complexity index is 981. The molecular weight excluding hydrogens is 444 g/mol. The molecule has 1 atom stereocenters. The molecule has 9 nitrogen and oxygen atoms in total. The second kappa shape index (κ2) is 11.9. The average Bonchev–Trinajstić information content (AvgIpc) is 3.09. The largest absolute Gasteiger partial charge is 0.498 e. The van der Waals surface area contributed by atoms with E-state index in [-0.39, 0.29) is 24.3 Å². The number of nitrogens with one attached hydrogen (secondary N) is 1. The normalized spacial score (nSPS) is 18.0. The van der Waals surface area contributed by atoms with Crippen molar-refractivity contribution in [2.24, 2.45) is 12.0 Å². The molecule has 33 heavy (non-hydrogen) atoms. The first kappa shape index (κ1) is 24.8. The number of aliphatic imine (C=N–C) groups is 1. The Morgan fingerprint density at radius 2 is 2.21 bits per heavy atom. The number of aromatic nitrogens is 1. The third-order valence-corrected chi connectivity index (χ3v) is 5.81. The number of amides is 2. The molecule has 0 aromatic carbocycles. The quantitative estimate of drug-likeness (QED) is 0.291. The highest BCUT2D eigenvalue weighted by molar-refractivity contribution is 7.80. The summed E-state index contributed by atoms with van der Waals surface area (Å²) in [4.78, 5) is 42.3. The highest BCUT2D eigenvalue weighted by atomic mass is 32.1. The number of thiol groups is 1. The van der Waals surface area contributed by atoms with Gasteiger partial charge in [0.2, 0.25) is 5.91 Å². The van der Waals surface area contributed by atoms with Crippen LogP contribution in [0.2, 0.25) is 0 Å². The molecule has 0 saturated heterocycles. The van der Waals surface area contributed by atoms with Crippen molar-refractivity contribution in [1.29, 1.82) is 0 Å². The first-order chi connectivity index (χ1) is 16.0. The zero-order valence-electron chi connectivity index (χ0n) is 19.0. The monoisotopic (exact) mass is 474 g/mol. The Hall–Kier alpha value is -2.85. The maximum absolute atomic E-state index is 12.9. The molecule has 2 heterocycles. The number of hydrogen-bond donors (Lipinski definition) is 2. The third-order valence-electron chi connectivity index (χ3n) is 5.50. The van der Waals surface area contributed by atoms with Gasteiger partial charge in [-0.15, -0.1) is 0 Å². The lowest BCUT2D eigenvalue weighted by Gasteiger charge is -2.26. The number of aryl methyl sites for hydroxylation is 1. The van der Waals surface area contributed by atoms with Crippen LogP contribution in [0.15, 0.2) is 40.4 Å². The number of carbonyl (C=O) groups is 3. The predicted octanol–water partition coefficient (Wildman–Crippen LogP) is 2.36. The molecule has 0 radical (unpaired) electrons. The molecule has 0 fully saturated rings. The number of methoxy groups -OCH3 is 1. The fourth-order valence-corrected chi connectivity index (χ4v) is 3.89. The second-order valence-electron chi connectivity index (χ2n) is 7.85. The fraction of sp³-hybridized carbons (Fsp3) is 0.478. The van der Waals surface area contributed by atoms with Crippen LogP contribution >= 0.6 is 12.6 Å². The minimum Gasteiger partial charge on any atom is -0.498 e. The van der Waals surface area contributed by atoms with Gasteiger partial charge in [0, 0.05) is 45.5 Å². The highest BCUT2D eigenvalue weighted by Gasteiger charge is 2.31. The topological polar surface area (TPSA) is 102 Å². The summed E-state index contributed by atoms with van der Waals surface area (Å²) in [6, 6.07) is 1.62. The summed E-state index contributed by atoms with van der Waals surface area (Å²) in [6.07, 6.45) is 7.56. The number of anilines is 1. The first-order valence-corrected chi connectivity index (χ1v) is 11.5. The molecule has 1 aromatic rings. The average molecular weight is 475 g/mol. The lowest BCUT2D eigenvalue weighted by atomic mass is 9.98. The van der Waals surface area contributed by atoms with E-state index in [1.54, 1.807) is 48.2 Å². The number of carbonyl (C=O) groups excluding carboxylic acids is 3.